The number of nitrogen functional groups attached to an aromatic ring is 1. The van der Waals surface area contributed by atoms with Crippen LogP contribution in [0.25, 0.3) is 0 Å². The maximum Gasteiger partial charge on any atom is 0.130 e. The summed E-state index contributed by atoms with van der Waals surface area (Å²) in [6.45, 7) is 0. The summed E-state index contributed by atoms with van der Waals surface area (Å²) >= 11 is 0. The Bertz CT molecular complexity index is 601. The minimum absolute atomic E-state index is 0.0275. The van der Waals surface area contributed by atoms with Crippen molar-refractivity contribution in [2.75, 3.05) is 5.73 Å². The zero-order chi connectivity index (χ0) is 13.1. The summed E-state index contributed by atoms with van der Waals surface area (Å²) in [5.74, 6) is -1.38. The zero-order valence-electron chi connectivity index (χ0n) is 9.40. The topological polar surface area (TPSA) is 43.1 Å². The fourth-order valence-electron chi connectivity index (χ4n) is 1.55. The van der Waals surface area contributed by atoms with Crippen molar-refractivity contribution in [2.24, 2.45) is 0 Å². The lowest BCUT2D eigenvalue weighted by molar-refractivity contribution is 0.576. The van der Waals surface area contributed by atoms with Crippen LogP contribution in [0, 0.1) is 11.6 Å². The number of benzene rings is 2. The predicted molar refractivity (Wildman–Crippen MR) is 67.3 cm³/mol. The Morgan fingerprint density at radius 1 is 1.11 bits per heavy atom. The summed E-state index contributed by atoms with van der Waals surface area (Å²) in [5.41, 5.74) is 6.30. The molecule has 2 nitrogen and oxygen atoms in total. The van der Waals surface area contributed by atoms with E-state index in [1.54, 1.807) is 24.3 Å². The molecule has 1 unspecified atom stereocenters. The van der Waals surface area contributed by atoms with Crippen molar-refractivity contribution >= 4 is 16.5 Å². The van der Waals surface area contributed by atoms with Crippen LogP contribution in [0.15, 0.2) is 47.4 Å². The quantitative estimate of drug-likeness (QED) is 0.869. The lowest BCUT2D eigenvalue weighted by Crippen LogP contribution is -2.02. The predicted octanol–water partition coefficient (Wildman–Crippen LogP) is 2.85. The van der Waals surface area contributed by atoms with Gasteiger partial charge in [0.15, 0.2) is 0 Å². The molecule has 94 valence electrons. The molecule has 2 aromatic rings. The van der Waals surface area contributed by atoms with Crippen molar-refractivity contribution in [1.29, 1.82) is 0 Å². The van der Waals surface area contributed by atoms with Crippen LogP contribution in [0.5, 0.6) is 0 Å². The van der Waals surface area contributed by atoms with Gasteiger partial charge in [-0.05, 0) is 18.2 Å². The zero-order valence-corrected chi connectivity index (χ0v) is 10.2. The molecule has 2 rings (SSSR count). The van der Waals surface area contributed by atoms with Crippen molar-refractivity contribution in [2.45, 2.75) is 10.6 Å². The second-order valence-corrected chi connectivity index (χ2v) is 5.18. The molecule has 2 N–H and O–H groups in total. The second kappa shape index (κ2) is 5.27. The molecule has 0 saturated heterocycles. The van der Waals surface area contributed by atoms with E-state index in [2.05, 4.69) is 0 Å². The maximum atomic E-state index is 13.4. The average Bonchev–Trinajstić information content (AvgIpc) is 2.33. The Labute approximate surface area is 106 Å². The Balaban J connectivity index is 2.24. The molecule has 0 aliphatic heterocycles. The minimum atomic E-state index is -1.45. The van der Waals surface area contributed by atoms with E-state index in [1.807, 2.05) is 0 Å². The largest absolute Gasteiger partial charge is 0.398 e. The van der Waals surface area contributed by atoms with Gasteiger partial charge in [0.25, 0.3) is 0 Å². The summed E-state index contributed by atoms with van der Waals surface area (Å²) in [4.78, 5) is 0.459. The highest BCUT2D eigenvalue weighted by Gasteiger charge is 2.11. The van der Waals surface area contributed by atoms with Crippen LogP contribution < -0.4 is 5.73 Å². The van der Waals surface area contributed by atoms with Crippen LogP contribution in [0.2, 0.25) is 0 Å². The Hall–Kier alpha value is -1.75. The third-order valence-electron chi connectivity index (χ3n) is 2.47. The molecule has 2 aromatic carbocycles. The molecule has 0 fully saturated rings. The minimum Gasteiger partial charge on any atom is -0.398 e. The van der Waals surface area contributed by atoms with E-state index in [9.17, 15) is 13.0 Å². The number of hydrogen-bond acceptors (Lipinski definition) is 2. The van der Waals surface area contributed by atoms with Crippen LogP contribution in [0.3, 0.4) is 0 Å². The average molecular weight is 267 g/mol. The van der Waals surface area contributed by atoms with Crippen molar-refractivity contribution in [1.82, 2.24) is 0 Å². The summed E-state index contributed by atoms with van der Waals surface area (Å²) in [6.07, 6.45) is 0. The molecule has 0 heterocycles. The van der Waals surface area contributed by atoms with Crippen LogP contribution >= 0.6 is 0 Å². The van der Waals surface area contributed by atoms with Crippen molar-refractivity contribution in [3.8, 4) is 0 Å². The molecule has 0 bridgehead atoms. The van der Waals surface area contributed by atoms with Gasteiger partial charge in [-0.1, -0.05) is 18.2 Å². The lowest BCUT2D eigenvalue weighted by atomic mass is 10.2. The highest BCUT2D eigenvalue weighted by atomic mass is 32.2. The summed E-state index contributed by atoms with van der Waals surface area (Å²) < 4.78 is 38.2. The van der Waals surface area contributed by atoms with E-state index in [1.165, 1.54) is 6.07 Å². The molecule has 1 atom stereocenters. The van der Waals surface area contributed by atoms with Crippen molar-refractivity contribution < 1.29 is 13.0 Å². The van der Waals surface area contributed by atoms with Gasteiger partial charge in [-0.2, -0.15) is 0 Å². The van der Waals surface area contributed by atoms with Gasteiger partial charge in [-0.3, -0.25) is 4.21 Å². The summed E-state index contributed by atoms with van der Waals surface area (Å²) in [6, 6.07) is 9.92. The van der Waals surface area contributed by atoms with E-state index in [4.69, 9.17) is 5.73 Å². The second-order valence-electron chi connectivity index (χ2n) is 3.76. The summed E-state index contributed by atoms with van der Waals surface area (Å²) in [7, 11) is -1.45. The maximum absolute atomic E-state index is 13.4. The van der Waals surface area contributed by atoms with Crippen LogP contribution in [0.1, 0.15) is 5.56 Å². The van der Waals surface area contributed by atoms with Crippen LogP contribution in [-0.2, 0) is 16.6 Å². The number of nitrogens with two attached hydrogens (primary N) is 1. The first-order valence-electron chi connectivity index (χ1n) is 5.25. The summed E-state index contributed by atoms with van der Waals surface area (Å²) in [5, 5.41) is 0. The normalized spacial score (nSPS) is 12.3. The standard InChI is InChI=1S/C13H11F2NOS/c14-10-6-5-9(11(15)7-10)8-18(17)13-4-2-1-3-12(13)16/h1-7H,8,16H2. The molecular weight excluding hydrogens is 256 g/mol. The van der Waals surface area contributed by atoms with Crippen LogP contribution in [0.4, 0.5) is 14.5 Å². The Morgan fingerprint density at radius 2 is 1.83 bits per heavy atom. The number of rotatable bonds is 3. The number of halogens is 2. The van der Waals surface area contributed by atoms with E-state index in [0.29, 0.717) is 10.6 Å². The number of hydrogen-bond donors (Lipinski definition) is 1. The van der Waals surface area contributed by atoms with Gasteiger partial charge in [-0.25, -0.2) is 8.78 Å². The van der Waals surface area contributed by atoms with Gasteiger partial charge >= 0.3 is 0 Å². The van der Waals surface area contributed by atoms with Gasteiger partial charge in [0.05, 0.1) is 21.4 Å². The Morgan fingerprint density at radius 3 is 2.50 bits per heavy atom. The van der Waals surface area contributed by atoms with Gasteiger partial charge in [0, 0.05) is 17.3 Å². The highest BCUT2D eigenvalue weighted by molar-refractivity contribution is 7.84. The van der Waals surface area contributed by atoms with E-state index >= 15 is 0 Å². The molecule has 5 heteroatoms. The molecule has 0 saturated carbocycles. The van der Waals surface area contributed by atoms with E-state index in [-0.39, 0.29) is 11.3 Å². The molecular formula is C13H11F2NOS. The van der Waals surface area contributed by atoms with Gasteiger partial charge in [0.1, 0.15) is 11.6 Å². The first-order valence-corrected chi connectivity index (χ1v) is 6.56. The molecule has 0 aliphatic carbocycles. The van der Waals surface area contributed by atoms with Gasteiger partial charge in [-0.15, -0.1) is 0 Å². The smallest absolute Gasteiger partial charge is 0.130 e. The van der Waals surface area contributed by atoms with Crippen molar-refractivity contribution in [3.05, 3.63) is 59.7 Å². The SMILES string of the molecule is Nc1ccccc1S(=O)Cc1ccc(F)cc1F. The lowest BCUT2D eigenvalue weighted by Gasteiger charge is -2.06. The third kappa shape index (κ3) is 2.73. The first-order chi connectivity index (χ1) is 8.58. The molecule has 0 aliphatic rings. The van der Waals surface area contributed by atoms with Crippen molar-refractivity contribution in [3.63, 3.8) is 0 Å². The molecule has 0 aromatic heterocycles. The van der Waals surface area contributed by atoms with Gasteiger partial charge < -0.3 is 5.73 Å². The number of para-hydroxylation sites is 1. The Kier molecular flexibility index (Phi) is 3.72. The molecule has 18 heavy (non-hydrogen) atoms. The van der Waals surface area contributed by atoms with Crippen LogP contribution in [-0.4, -0.2) is 4.21 Å². The van der Waals surface area contributed by atoms with Gasteiger partial charge in [0.2, 0.25) is 0 Å². The fourth-order valence-corrected chi connectivity index (χ4v) is 2.78. The molecule has 0 radical (unpaired) electrons. The highest BCUT2D eigenvalue weighted by Crippen LogP contribution is 2.20. The monoisotopic (exact) mass is 267 g/mol. The van der Waals surface area contributed by atoms with E-state index < -0.39 is 22.4 Å². The first kappa shape index (κ1) is 12.7. The fraction of sp³-hybridized carbons (Fsp3) is 0.0769. The molecule has 0 spiro atoms. The molecule has 0 amide bonds. The number of anilines is 1. The third-order valence-corrected chi connectivity index (χ3v) is 3.90. The van der Waals surface area contributed by atoms with E-state index in [0.717, 1.165) is 12.1 Å².